The summed E-state index contributed by atoms with van der Waals surface area (Å²) in [7, 11) is 0. The SMILES string of the molecule is O=NN(C[C@@H](O)[C@H](O)CN(N=O)C(=O)NCCCl)C(=O)NCCCl. The van der Waals surface area contributed by atoms with Crippen molar-refractivity contribution >= 4 is 35.3 Å². The van der Waals surface area contributed by atoms with Gasteiger partial charge in [0.05, 0.1) is 23.7 Å². The molecule has 138 valence electrons. The lowest BCUT2D eigenvalue weighted by Gasteiger charge is -2.24. The predicted molar refractivity (Wildman–Crippen MR) is 85.3 cm³/mol. The van der Waals surface area contributed by atoms with Crippen LogP contribution in [0.25, 0.3) is 0 Å². The Balaban J connectivity index is 4.58. The fraction of sp³-hybridized carbons (Fsp3) is 0.800. The Morgan fingerprint density at radius 3 is 1.46 bits per heavy atom. The third kappa shape index (κ3) is 8.19. The van der Waals surface area contributed by atoms with Crippen molar-refractivity contribution in [2.45, 2.75) is 12.2 Å². The molecule has 0 saturated heterocycles. The quantitative estimate of drug-likeness (QED) is 0.213. The highest BCUT2D eigenvalue weighted by molar-refractivity contribution is 6.18. The van der Waals surface area contributed by atoms with Crippen LogP contribution in [0.4, 0.5) is 9.59 Å². The fourth-order valence-electron chi connectivity index (χ4n) is 1.40. The zero-order valence-corrected chi connectivity index (χ0v) is 14.0. The number of nitrogens with zero attached hydrogens (tertiary/aromatic N) is 4. The predicted octanol–water partition coefficient (Wildman–Crippen LogP) is -0.428. The first-order chi connectivity index (χ1) is 11.4. The van der Waals surface area contributed by atoms with Gasteiger partial charge in [0.25, 0.3) is 0 Å². The van der Waals surface area contributed by atoms with E-state index >= 15 is 0 Å². The molecule has 0 aromatic heterocycles. The van der Waals surface area contributed by atoms with Crippen molar-refractivity contribution in [2.75, 3.05) is 37.9 Å². The molecule has 2 atom stereocenters. The van der Waals surface area contributed by atoms with Crippen LogP contribution in [0.1, 0.15) is 0 Å². The van der Waals surface area contributed by atoms with E-state index < -0.39 is 37.4 Å². The normalized spacial score (nSPS) is 12.7. The summed E-state index contributed by atoms with van der Waals surface area (Å²) >= 11 is 10.7. The molecule has 0 heterocycles. The zero-order valence-electron chi connectivity index (χ0n) is 12.5. The Morgan fingerprint density at radius 1 is 0.875 bits per heavy atom. The summed E-state index contributed by atoms with van der Waals surface area (Å²) in [6, 6.07) is -1.86. The number of carbonyl (C=O) groups excluding carboxylic acids is 2. The summed E-state index contributed by atoms with van der Waals surface area (Å²) < 4.78 is 0. The van der Waals surface area contributed by atoms with E-state index in [1.807, 2.05) is 0 Å². The van der Waals surface area contributed by atoms with Gasteiger partial charge < -0.3 is 20.8 Å². The number of amides is 4. The van der Waals surface area contributed by atoms with Gasteiger partial charge in [0.15, 0.2) is 0 Å². The van der Waals surface area contributed by atoms with E-state index in [1.165, 1.54) is 0 Å². The van der Waals surface area contributed by atoms with E-state index in [9.17, 15) is 29.6 Å². The number of hydrogen-bond donors (Lipinski definition) is 4. The average molecular weight is 389 g/mol. The number of hydrogen-bond acceptors (Lipinski definition) is 8. The van der Waals surface area contributed by atoms with Crippen molar-refractivity contribution in [1.29, 1.82) is 0 Å². The first kappa shape index (κ1) is 22.2. The number of urea groups is 2. The first-order valence-electron chi connectivity index (χ1n) is 6.66. The first-order valence-corrected chi connectivity index (χ1v) is 7.73. The molecule has 0 spiro atoms. The van der Waals surface area contributed by atoms with Gasteiger partial charge in [-0.05, 0) is 0 Å². The molecule has 24 heavy (non-hydrogen) atoms. The Morgan fingerprint density at radius 2 is 1.21 bits per heavy atom. The Bertz CT molecular complexity index is 393. The summed E-state index contributed by atoms with van der Waals surface area (Å²) in [6.07, 6.45) is -3.34. The Labute approximate surface area is 146 Å². The number of nitrogens with one attached hydrogen (secondary N) is 2. The molecule has 4 amide bonds. The Kier molecular flexibility index (Phi) is 11.7. The lowest BCUT2D eigenvalue weighted by Crippen LogP contribution is -2.48. The highest BCUT2D eigenvalue weighted by Crippen LogP contribution is 2.03. The number of rotatable bonds is 11. The van der Waals surface area contributed by atoms with Gasteiger partial charge in [-0.3, -0.25) is 0 Å². The van der Waals surface area contributed by atoms with Gasteiger partial charge >= 0.3 is 12.1 Å². The van der Waals surface area contributed by atoms with Crippen LogP contribution in [0.5, 0.6) is 0 Å². The van der Waals surface area contributed by atoms with Gasteiger partial charge in [-0.25, -0.2) is 9.59 Å². The molecule has 14 heteroatoms. The maximum absolute atomic E-state index is 11.5. The molecule has 0 aliphatic rings. The third-order valence-electron chi connectivity index (χ3n) is 2.57. The van der Waals surface area contributed by atoms with E-state index in [0.29, 0.717) is 10.0 Å². The third-order valence-corrected chi connectivity index (χ3v) is 2.95. The lowest BCUT2D eigenvalue weighted by atomic mass is 10.2. The molecular formula is C10H18Cl2N6O6. The molecule has 0 unspecified atom stereocenters. The minimum Gasteiger partial charge on any atom is -0.388 e. The number of alkyl halides is 2. The number of aliphatic hydroxyl groups excluding tert-OH is 2. The van der Waals surface area contributed by atoms with Crippen molar-refractivity contribution in [3.8, 4) is 0 Å². The average Bonchev–Trinajstić information content (AvgIpc) is 2.59. The molecule has 0 aromatic carbocycles. The van der Waals surface area contributed by atoms with E-state index in [1.54, 1.807) is 0 Å². The topological polar surface area (TPSA) is 164 Å². The van der Waals surface area contributed by atoms with Gasteiger partial charge in [0.1, 0.15) is 12.2 Å². The van der Waals surface area contributed by atoms with Crippen LogP contribution < -0.4 is 10.6 Å². The summed E-state index contributed by atoms with van der Waals surface area (Å²) in [5.41, 5.74) is 0. The second kappa shape index (κ2) is 12.6. The second-order valence-electron chi connectivity index (χ2n) is 4.30. The maximum Gasteiger partial charge on any atom is 0.340 e. The summed E-state index contributed by atoms with van der Waals surface area (Å²) in [5, 5.41) is 29.5. The van der Waals surface area contributed by atoms with Gasteiger partial charge in [0.2, 0.25) is 0 Å². The van der Waals surface area contributed by atoms with E-state index in [-0.39, 0.29) is 24.8 Å². The van der Waals surface area contributed by atoms with Gasteiger partial charge in [-0.15, -0.1) is 33.0 Å². The zero-order chi connectivity index (χ0) is 18.5. The van der Waals surface area contributed by atoms with Crippen LogP contribution in [-0.2, 0) is 0 Å². The molecule has 0 rings (SSSR count). The number of halogens is 2. The fourth-order valence-corrected chi connectivity index (χ4v) is 1.58. The van der Waals surface area contributed by atoms with Crippen LogP contribution >= 0.6 is 23.2 Å². The second-order valence-corrected chi connectivity index (χ2v) is 5.06. The maximum atomic E-state index is 11.5. The van der Waals surface area contributed by atoms with Crippen LogP contribution in [0.2, 0.25) is 0 Å². The molecular weight excluding hydrogens is 371 g/mol. The molecule has 0 saturated carbocycles. The number of carbonyl (C=O) groups is 2. The number of nitroso groups, excluding NO2 is 2. The van der Waals surface area contributed by atoms with Crippen molar-refractivity contribution in [1.82, 2.24) is 20.7 Å². The Hall–Kier alpha value is -1.76. The largest absolute Gasteiger partial charge is 0.388 e. The number of aliphatic hydroxyl groups is 2. The molecule has 0 aromatic rings. The van der Waals surface area contributed by atoms with Gasteiger partial charge in [-0.2, -0.15) is 10.0 Å². The minimum atomic E-state index is -1.67. The highest BCUT2D eigenvalue weighted by atomic mass is 35.5. The van der Waals surface area contributed by atoms with E-state index in [2.05, 4.69) is 21.2 Å². The molecule has 12 nitrogen and oxygen atoms in total. The molecule has 0 bridgehead atoms. The highest BCUT2D eigenvalue weighted by Gasteiger charge is 2.27. The van der Waals surface area contributed by atoms with Crippen LogP contribution in [0.15, 0.2) is 10.6 Å². The van der Waals surface area contributed by atoms with Crippen molar-refractivity contribution in [2.24, 2.45) is 10.6 Å². The van der Waals surface area contributed by atoms with Crippen LogP contribution in [0, 0.1) is 9.81 Å². The summed E-state index contributed by atoms with van der Waals surface area (Å²) in [4.78, 5) is 44.2. The molecule has 4 N–H and O–H groups in total. The smallest absolute Gasteiger partial charge is 0.340 e. The van der Waals surface area contributed by atoms with Crippen LogP contribution in [0.3, 0.4) is 0 Å². The standard InChI is InChI=1S/C10H18Cl2N6O6/c11-1-3-13-9(21)17(15-23)5-7(19)8(20)6-18(16-24)10(22)14-4-2-12/h7-8,19-20H,1-6H2,(H,13,21)(H,14,22)/t7-,8-/m1/s1. The van der Waals surface area contributed by atoms with E-state index in [4.69, 9.17) is 23.2 Å². The summed E-state index contributed by atoms with van der Waals surface area (Å²) in [5.74, 6) is 0.196. The molecule has 0 aliphatic heterocycles. The van der Waals surface area contributed by atoms with Gasteiger partial charge in [-0.1, -0.05) is 0 Å². The lowest BCUT2D eigenvalue weighted by molar-refractivity contribution is -0.00855. The van der Waals surface area contributed by atoms with Gasteiger partial charge in [0, 0.05) is 24.8 Å². The van der Waals surface area contributed by atoms with Crippen molar-refractivity contribution < 1.29 is 19.8 Å². The van der Waals surface area contributed by atoms with Crippen molar-refractivity contribution in [3.05, 3.63) is 9.81 Å². The monoisotopic (exact) mass is 388 g/mol. The van der Waals surface area contributed by atoms with E-state index in [0.717, 1.165) is 0 Å². The van der Waals surface area contributed by atoms with Crippen molar-refractivity contribution in [3.63, 3.8) is 0 Å². The molecule has 0 radical (unpaired) electrons. The van der Waals surface area contributed by atoms with Crippen LogP contribution in [-0.4, -0.2) is 82.4 Å². The molecule has 0 aliphatic carbocycles. The minimum absolute atomic E-state index is 0.0641. The summed E-state index contributed by atoms with van der Waals surface area (Å²) in [6.45, 7) is -1.22. The molecule has 0 fully saturated rings.